The van der Waals surface area contributed by atoms with E-state index in [9.17, 15) is 14.4 Å². The van der Waals surface area contributed by atoms with Gasteiger partial charge in [0.2, 0.25) is 0 Å². The van der Waals surface area contributed by atoms with Gasteiger partial charge in [-0.15, -0.1) is 0 Å². The predicted octanol–water partition coefficient (Wildman–Crippen LogP) is 4.48. The van der Waals surface area contributed by atoms with E-state index in [1.54, 1.807) is 54.5 Å². The first-order valence-corrected chi connectivity index (χ1v) is 9.08. The van der Waals surface area contributed by atoms with E-state index in [1.807, 2.05) is 0 Å². The number of alkyl halides is 1. The third-order valence-electron chi connectivity index (χ3n) is 3.34. The summed E-state index contributed by atoms with van der Waals surface area (Å²) in [6.07, 6.45) is 0. The van der Waals surface area contributed by atoms with Crippen molar-refractivity contribution in [3.63, 3.8) is 0 Å². The van der Waals surface area contributed by atoms with E-state index in [0.29, 0.717) is 11.1 Å². The Kier molecular flexibility index (Phi) is 6.56. The third kappa shape index (κ3) is 5.66. The van der Waals surface area contributed by atoms with Crippen LogP contribution in [0.1, 0.15) is 57.5 Å². The summed E-state index contributed by atoms with van der Waals surface area (Å²) >= 11 is 3.14. The van der Waals surface area contributed by atoms with Crippen LogP contribution in [0.25, 0.3) is 0 Å². The van der Waals surface area contributed by atoms with Crippen LogP contribution < -0.4 is 9.47 Å². The lowest BCUT2D eigenvalue weighted by atomic mass is 9.97. The first kappa shape index (κ1) is 21.4. The van der Waals surface area contributed by atoms with Crippen molar-refractivity contribution in [1.29, 1.82) is 0 Å². The fraction of sp³-hybridized carbons (Fsp3) is 0.526. The Morgan fingerprint density at radius 1 is 0.880 bits per heavy atom. The minimum absolute atomic E-state index is 0.0624. The molecule has 6 heteroatoms. The van der Waals surface area contributed by atoms with Crippen LogP contribution in [0.15, 0.2) is 12.1 Å². The molecular weight excluding hydrogens is 388 g/mol. The van der Waals surface area contributed by atoms with Gasteiger partial charge in [-0.2, -0.15) is 0 Å². The normalized spacial score (nSPS) is 11.8. The van der Waals surface area contributed by atoms with E-state index in [1.165, 1.54) is 6.07 Å². The fourth-order valence-corrected chi connectivity index (χ4v) is 2.00. The average molecular weight is 413 g/mol. The highest BCUT2D eigenvalue weighted by atomic mass is 79.9. The van der Waals surface area contributed by atoms with E-state index < -0.39 is 22.8 Å². The number of ether oxygens (including phenoxy) is 2. The van der Waals surface area contributed by atoms with E-state index in [4.69, 9.17) is 9.47 Å². The van der Waals surface area contributed by atoms with Crippen LogP contribution in [0, 0.1) is 17.8 Å². The number of rotatable bonds is 4. The van der Waals surface area contributed by atoms with Gasteiger partial charge in [-0.25, -0.2) is 0 Å². The SMILES string of the molecule is Cc1cc(OC(=O)C(C)(C)C)c(OC(=O)C(C)(C)C)cc1C(=O)CBr. The Labute approximate surface area is 157 Å². The van der Waals surface area contributed by atoms with Gasteiger partial charge in [-0.1, -0.05) is 15.9 Å². The summed E-state index contributed by atoms with van der Waals surface area (Å²) in [6.45, 7) is 12.1. The minimum atomic E-state index is -0.740. The Bertz CT molecular complexity index is 693. The van der Waals surface area contributed by atoms with Gasteiger partial charge in [0.1, 0.15) is 0 Å². The van der Waals surface area contributed by atoms with Gasteiger partial charge in [0, 0.05) is 5.56 Å². The molecular formula is C19H25BrO5. The molecule has 0 aliphatic heterocycles. The van der Waals surface area contributed by atoms with Crippen LogP contribution in [0.3, 0.4) is 0 Å². The number of halogens is 1. The molecule has 0 spiro atoms. The summed E-state index contributed by atoms with van der Waals surface area (Å²) in [4.78, 5) is 36.5. The first-order valence-electron chi connectivity index (χ1n) is 7.95. The summed E-state index contributed by atoms with van der Waals surface area (Å²) < 4.78 is 10.9. The second-order valence-electron chi connectivity index (χ2n) is 7.95. The van der Waals surface area contributed by atoms with Crippen LogP contribution in [-0.2, 0) is 9.59 Å². The number of ketones is 1. The number of hydrogen-bond donors (Lipinski definition) is 0. The minimum Gasteiger partial charge on any atom is -0.422 e. The number of esters is 2. The van der Waals surface area contributed by atoms with Crippen molar-refractivity contribution in [1.82, 2.24) is 0 Å². The van der Waals surface area contributed by atoms with Gasteiger partial charge < -0.3 is 9.47 Å². The maximum absolute atomic E-state index is 12.2. The second-order valence-corrected chi connectivity index (χ2v) is 8.51. The highest BCUT2D eigenvalue weighted by molar-refractivity contribution is 9.09. The lowest BCUT2D eigenvalue weighted by Crippen LogP contribution is -2.28. The monoisotopic (exact) mass is 412 g/mol. The molecule has 0 bridgehead atoms. The van der Waals surface area contributed by atoms with Gasteiger partial charge in [0.25, 0.3) is 0 Å². The lowest BCUT2D eigenvalue weighted by Gasteiger charge is -2.21. The molecule has 0 saturated carbocycles. The Morgan fingerprint density at radius 3 is 1.64 bits per heavy atom. The molecule has 0 radical (unpaired) electrons. The maximum atomic E-state index is 12.2. The molecule has 1 aromatic carbocycles. The van der Waals surface area contributed by atoms with Crippen molar-refractivity contribution in [3.8, 4) is 11.5 Å². The maximum Gasteiger partial charge on any atom is 0.316 e. The molecule has 0 heterocycles. The van der Waals surface area contributed by atoms with Crippen LogP contribution in [0.2, 0.25) is 0 Å². The Hall–Kier alpha value is -1.69. The van der Waals surface area contributed by atoms with Gasteiger partial charge in [0.05, 0.1) is 16.2 Å². The predicted molar refractivity (Wildman–Crippen MR) is 99.5 cm³/mol. The summed E-state index contributed by atoms with van der Waals surface area (Å²) in [5, 5.41) is 0.140. The smallest absolute Gasteiger partial charge is 0.316 e. The molecule has 1 rings (SSSR count). The van der Waals surface area contributed by atoms with Crippen LogP contribution in [0.4, 0.5) is 0 Å². The molecule has 0 atom stereocenters. The van der Waals surface area contributed by atoms with Crippen molar-refractivity contribution >= 4 is 33.7 Å². The number of carbonyl (C=O) groups is 3. The van der Waals surface area contributed by atoms with Crippen LogP contribution in [0.5, 0.6) is 11.5 Å². The molecule has 1 aromatic rings. The van der Waals surface area contributed by atoms with E-state index in [0.717, 1.165) is 0 Å². The standard InChI is InChI=1S/C19H25BrO5/c1-11-8-14(24-16(22)18(2,3)4)15(9-12(11)13(21)10-20)25-17(23)19(5,6)7/h8-9H,10H2,1-7H3. The summed E-state index contributed by atoms with van der Waals surface area (Å²) in [7, 11) is 0. The van der Waals surface area contributed by atoms with Crippen LogP contribution in [-0.4, -0.2) is 23.1 Å². The fourth-order valence-electron chi connectivity index (χ4n) is 1.70. The molecule has 0 amide bonds. The summed E-state index contributed by atoms with van der Waals surface area (Å²) in [6, 6.07) is 3.00. The first-order chi connectivity index (χ1) is 11.3. The molecule has 0 aliphatic rings. The van der Waals surface area contributed by atoms with Crippen molar-refractivity contribution in [3.05, 3.63) is 23.3 Å². The molecule has 0 N–H and O–H groups in total. The zero-order chi connectivity index (χ0) is 19.6. The van der Waals surface area contributed by atoms with E-state index in [-0.39, 0.29) is 22.6 Å². The van der Waals surface area contributed by atoms with Crippen molar-refractivity contribution in [2.45, 2.75) is 48.5 Å². The van der Waals surface area contributed by atoms with E-state index in [2.05, 4.69) is 15.9 Å². The highest BCUT2D eigenvalue weighted by Crippen LogP contribution is 2.34. The zero-order valence-corrected chi connectivity index (χ0v) is 17.4. The van der Waals surface area contributed by atoms with Crippen molar-refractivity contribution in [2.24, 2.45) is 10.8 Å². The number of aryl methyl sites for hydroxylation is 1. The highest BCUT2D eigenvalue weighted by Gasteiger charge is 2.29. The molecule has 5 nitrogen and oxygen atoms in total. The quantitative estimate of drug-likeness (QED) is 0.315. The van der Waals surface area contributed by atoms with Gasteiger partial charge >= 0.3 is 11.9 Å². The van der Waals surface area contributed by atoms with Gasteiger partial charge in [-0.3, -0.25) is 14.4 Å². The third-order valence-corrected chi connectivity index (χ3v) is 3.85. The molecule has 0 unspecified atom stereocenters. The van der Waals surface area contributed by atoms with Crippen molar-refractivity contribution in [2.75, 3.05) is 5.33 Å². The average Bonchev–Trinajstić information content (AvgIpc) is 2.46. The Balaban J connectivity index is 3.38. The number of carbonyl (C=O) groups excluding carboxylic acids is 3. The molecule has 0 aromatic heterocycles. The topological polar surface area (TPSA) is 69.7 Å². The van der Waals surface area contributed by atoms with Crippen molar-refractivity contribution < 1.29 is 23.9 Å². The number of Topliss-reactive ketones (excluding diaryl/α,β-unsaturated/α-hetero) is 1. The summed E-state index contributed by atoms with van der Waals surface area (Å²) in [5.74, 6) is -0.908. The van der Waals surface area contributed by atoms with E-state index >= 15 is 0 Å². The molecule has 138 valence electrons. The molecule has 0 fully saturated rings. The van der Waals surface area contributed by atoms with Crippen LogP contribution >= 0.6 is 15.9 Å². The Morgan fingerprint density at radius 2 is 1.28 bits per heavy atom. The second kappa shape index (κ2) is 7.68. The van der Waals surface area contributed by atoms with Gasteiger partial charge in [0.15, 0.2) is 17.3 Å². The zero-order valence-electron chi connectivity index (χ0n) is 15.8. The molecule has 25 heavy (non-hydrogen) atoms. The largest absolute Gasteiger partial charge is 0.422 e. The molecule has 0 aliphatic carbocycles. The molecule has 0 saturated heterocycles. The summed E-state index contributed by atoms with van der Waals surface area (Å²) in [5.41, 5.74) is -0.417. The van der Waals surface area contributed by atoms with Gasteiger partial charge in [-0.05, 0) is 66.2 Å². The lowest BCUT2D eigenvalue weighted by molar-refractivity contribution is -0.145. The number of hydrogen-bond acceptors (Lipinski definition) is 5. The number of benzene rings is 1.